The van der Waals surface area contributed by atoms with Gasteiger partial charge in [0.1, 0.15) is 6.61 Å². The maximum atomic E-state index is 12.6. The third-order valence-corrected chi connectivity index (χ3v) is 4.64. The van der Waals surface area contributed by atoms with Crippen molar-refractivity contribution in [2.45, 2.75) is 20.1 Å². The Kier molecular flexibility index (Phi) is 7.01. The van der Waals surface area contributed by atoms with E-state index in [2.05, 4.69) is 10.6 Å². The lowest BCUT2D eigenvalue weighted by molar-refractivity contribution is 0.100. The van der Waals surface area contributed by atoms with Crippen molar-refractivity contribution in [1.29, 1.82) is 0 Å². The van der Waals surface area contributed by atoms with Crippen molar-refractivity contribution in [1.82, 2.24) is 5.32 Å². The van der Waals surface area contributed by atoms with Crippen molar-refractivity contribution in [2.24, 2.45) is 5.73 Å². The van der Waals surface area contributed by atoms with Gasteiger partial charge in [-0.05, 0) is 41.8 Å². The molecule has 7 nitrogen and oxygen atoms in total. The molecule has 0 saturated carbocycles. The molecule has 0 unspecified atom stereocenters. The Hall–Kier alpha value is -4.13. The molecule has 0 bridgehead atoms. The van der Waals surface area contributed by atoms with Crippen molar-refractivity contribution in [3.63, 3.8) is 0 Å². The molecule has 0 aliphatic rings. The monoisotopic (exact) mass is 417 g/mol. The van der Waals surface area contributed by atoms with Crippen LogP contribution in [-0.4, -0.2) is 17.9 Å². The number of carbonyl (C=O) groups is 3. The lowest BCUT2D eigenvalue weighted by atomic mass is 10.1. The summed E-state index contributed by atoms with van der Waals surface area (Å²) in [4.78, 5) is 36.1. The molecule has 4 N–H and O–H groups in total. The van der Waals surface area contributed by atoms with Gasteiger partial charge in [0.15, 0.2) is 0 Å². The van der Waals surface area contributed by atoms with Crippen LogP contribution in [0.5, 0.6) is 0 Å². The van der Waals surface area contributed by atoms with E-state index in [0.717, 1.165) is 16.7 Å². The zero-order chi connectivity index (χ0) is 22.2. The molecule has 3 rings (SSSR count). The first-order valence-corrected chi connectivity index (χ1v) is 9.68. The number of hydrogen-bond donors (Lipinski definition) is 3. The summed E-state index contributed by atoms with van der Waals surface area (Å²) in [6.07, 6.45) is -0.524. The van der Waals surface area contributed by atoms with Gasteiger partial charge in [-0.3, -0.25) is 9.59 Å². The molecule has 0 heterocycles. The number of ether oxygens (including phenoxy) is 1. The second-order valence-corrected chi connectivity index (χ2v) is 6.93. The Bertz CT molecular complexity index is 1080. The molecule has 0 saturated heterocycles. The fourth-order valence-corrected chi connectivity index (χ4v) is 2.95. The van der Waals surface area contributed by atoms with Crippen LogP contribution >= 0.6 is 0 Å². The van der Waals surface area contributed by atoms with E-state index in [0.29, 0.717) is 11.3 Å². The van der Waals surface area contributed by atoms with Gasteiger partial charge in [0.2, 0.25) is 0 Å². The van der Waals surface area contributed by atoms with Gasteiger partial charge in [-0.2, -0.15) is 0 Å². The van der Waals surface area contributed by atoms with Gasteiger partial charge >= 0.3 is 6.09 Å². The number of carbonyl (C=O) groups excluding carboxylic acids is 3. The smallest absolute Gasteiger partial charge is 0.407 e. The fourth-order valence-electron chi connectivity index (χ4n) is 2.95. The van der Waals surface area contributed by atoms with Crippen LogP contribution in [0.15, 0.2) is 72.8 Å². The first-order valence-electron chi connectivity index (χ1n) is 9.68. The molecule has 0 radical (unpaired) electrons. The number of nitrogens with one attached hydrogen (secondary N) is 2. The van der Waals surface area contributed by atoms with E-state index in [-0.39, 0.29) is 24.6 Å². The van der Waals surface area contributed by atoms with Gasteiger partial charge in [-0.1, -0.05) is 54.6 Å². The van der Waals surface area contributed by atoms with Crippen LogP contribution in [0.4, 0.5) is 10.5 Å². The van der Waals surface area contributed by atoms with E-state index >= 15 is 0 Å². The Balaban J connectivity index is 1.55. The quantitative estimate of drug-likeness (QED) is 0.543. The lowest BCUT2D eigenvalue weighted by Crippen LogP contribution is -2.23. The van der Waals surface area contributed by atoms with Crippen molar-refractivity contribution in [3.05, 3.63) is 101 Å². The lowest BCUT2D eigenvalue weighted by Gasteiger charge is -2.12. The molecule has 0 atom stereocenters. The molecular weight excluding hydrogens is 394 g/mol. The number of primary amides is 1. The Morgan fingerprint density at radius 2 is 1.58 bits per heavy atom. The normalized spacial score (nSPS) is 10.2. The number of alkyl carbamates (subject to hydrolysis) is 1. The largest absolute Gasteiger partial charge is 0.445 e. The van der Waals surface area contributed by atoms with Crippen molar-refractivity contribution in [3.8, 4) is 0 Å². The predicted octanol–water partition coefficient (Wildman–Crippen LogP) is 3.77. The first-order chi connectivity index (χ1) is 14.9. The van der Waals surface area contributed by atoms with Crippen LogP contribution in [0.1, 0.15) is 37.4 Å². The van der Waals surface area contributed by atoms with Crippen LogP contribution in [-0.2, 0) is 17.9 Å². The summed E-state index contributed by atoms with van der Waals surface area (Å²) in [5, 5.41) is 5.42. The predicted molar refractivity (Wildman–Crippen MR) is 118 cm³/mol. The van der Waals surface area contributed by atoms with Crippen molar-refractivity contribution < 1.29 is 19.1 Å². The van der Waals surface area contributed by atoms with E-state index in [4.69, 9.17) is 10.5 Å². The highest BCUT2D eigenvalue weighted by molar-refractivity contribution is 6.09. The van der Waals surface area contributed by atoms with Gasteiger partial charge in [0.25, 0.3) is 11.8 Å². The molecule has 0 fully saturated rings. The van der Waals surface area contributed by atoms with E-state index in [1.54, 1.807) is 49.4 Å². The van der Waals surface area contributed by atoms with E-state index < -0.39 is 12.0 Å². The van der Waals surface area contributed by atoms with E-state index in [1.165, 1.54) is 0 Å². The topological polar surface area (TPSA) is 111 Å². The van der Waals surface area contributed by atoms with Gasteiger partial charge in [0, 0.05) is 12.1 Å². The van der Waals surface area contributed by atoms with E-state index in [1.807, 2.05) is 30.3 Å². The second-order valence-electron chi connectivity index (χ2n) is 6.93. The van der Waals surface area contributed by atoms with Crippen LogP contribution in [0.2, 0.25) is 0 Å². The molecular formula is C24H23N3O4. The summed E-state index contributed by atoms with van der Waals surface area (Å²) in [7, 11) is 0. The molecule has 3 aromatic rings. The van der Waals surface area contributed by atoms with E-state index in [9.17, 15) is 14.4 Å². The molecule has 31 heavy (non-hydrogen) atoms. The van der Waals surface area contributed by atoms with Crippen LogP contribution in [0.25, 0.3) is 0 Å². The number of nitrogens with two attached hydrogens (primary N) is 1. The van der Waals surface area contributed by atoms with Crippen molar-refractivity contribution >= 4 is 23.6 Å². The highest BCUT2D eigenvalue weighted by Gasteiger charge is 2.14. The standard InChI is InChI=1S/C24H23N3O4/c1-16-6-5-9-20(22(25)28)21(16)27-23(29)19-12-10-17(11-13-19)14-26-24(30)31-15-18-7-3-2-4-8-18/h2-13H,14-15H2,1H3,(H2,25,28)(H,26,30)(H,27,29). The average molecular weight is 417 g/mol. The molecule has 0 aliphatic heterocycles. The maximum Gasteiger partial charge on any atom is 0.407 e. The Morgan fingerprint density at radius 3 is 2.26 bits per heavy atom. The molecule has 0 aliphatic carbocycles. The van der Waals surface area contributed by atoms with Gasteiger partial charge < -0.3 is 21.1 Å². The summed E-state index contributed by atoms with van der Waals surface area (Å²) >= 11 is 0. The summed E-state index contributed by atoms with van der Waals surface area (Å²) in [5.74, 6) is -0.974. The zero-order valence-corrected chi connectivity index (χ0v) is 17.1. The highest BCUT2D eigenvalue weighted by Crippen LogP contribution is 2.21. The number of aryl methyl sites for hydroxylation is 1. The first kappa shape index (κ1) is 21.6. The Labute approximate surface area is 180 Å². The number of anilines is 1. The fraction of sp³-hybridized carbons (Fsp3) is 0.125. The minimum absolute atomic E-state index is 0.192. The average Bonchev–Trinajstić information content (AvgIpc) is 2.78. The van der Waals surface area contributed by atoms with Gasteiger partial charge in [0.05, 0.1) is 11.3 Å². The summed E-state index contributed by atoms with van der Waals surface area (Å²) in [6.45, 7) is 2.24. The number of amides is 3. The molecule has 3 amide bonds. The minimum Gasteiger partial charge on any atom is -0.445 e. The highest BCUT2D eigenvalue weighted by atomic mass is 16.5. The zero-order valence-electron chi connectivity index (χ0n) is 17.1. The molecule has 158 valence electrons. The summed E-state index contributed by atoms with van der Waals surface area (Å²) in [6, 6.07) is 21.2. The molecule has 0 aromatic heterocycles. The second kappa shape index (κ2) is 10.1. The Morgan fingerprint density at radius 1 is 0.871 bits per heavy atom. The number of benzene rings is 3. The van der Waals surface area contributed by atoms with Crippen LogP contribution < -0.4 is 16.4 Å². The maximum absolute atomic E-state index is 12.6. The summed E-state index contributed by atoms with van der Waals surface area (Å²) < 4.78 is 5.17. The molecule has 7 heteroatoms. The van der Waals surface area contributed by atoms with Crippen molar-refractivity contribution in [2.75, 3.05) is 5.32 Å². The minimum atomic E-state index is -0.612. The molecule has 3 aromatic carbocycles. The summed E-state index contributed by atoms with van der Waals surface area (Å²) in [5.41, 5.74) is 8.90. The third-order valence-electron chi connectivity index (χ3n) is 4.64. The molecule has 0 spiro atoms. The van der Waals surface area contributed by atoms with Gasteiger partial charge in [-0.25, -0.2) is 4.79 Å². The van der Waals surface area contributed by atoms with Gasteiger partial charge in [-0.15, -0.1) is 0 Å². The van der Waals surface area contributed by atoms with Crippen LogP contribution in [0, 0.1) is 6.92 Å². The SMILES string of the molecule is Cc1cccc(C(N)=O)c1NC(=O)c1ccc(CNC(=O)OCc2ccccc2)cc1. The number of hydrogen-bond acceptors (Lipinski definition) is 4. The number of para-hydroxylation sites is 1. The number of rotatable bonds is 7. The van der Waals surface area contributed by atoms with Crippen LogP contribution in [0.3, 0.4) is 0 Å². The third kappa shape index (κ3) is 5.93.